The smallest absolute Gasteiger partial charge is 0.355 e. The molecule has 7 nitrogen and oxygen atoms in total. The van der Waals surface area contributed by atoms with Crippen molar-refractivity contribution < 1.29 is 31.6 Å². The molecule has 0 fully saturated rings. The van der Waals surface area contributed by atoms with Gasteiger partial charge in [0.15, 0.2) is 5.75 Å². The molecule has 0 N–H and O–H groups in total. The lowest BCUT2D eigenvalue weighted by molar-refractivity contribution is -0.0173. The summed E-state index contributed by atoms with van der Waals surface area (Å²) in [6, 6.07) is 3.09. The van der Waals surface area contributed by atoms with Crippen LogP contribution >= 0.6 is 22.3 Å². The Morgan fingerprint density at radius 2 is 1.59 bits per heavy atom. The van der Waals surface area contributed by atoms with Crippen LogP contribution < -0.4 is 9.47 Å². The average molecular weight is 443 g/mol. The van der Waals surface area contributed by atoms with Crippen molar-refractivity contribution in [1.29, 1.82) is 0 Å². The molecule has 0 heterocycles. The molecule has 0 spiro atoms. The van der Waals surface area contributed by atoms with Crippen molar-refractivity contribution in [3.63, 3.8) is 0 Å². The number of carbonyl (C=O) groups excluding carboxylic acids is 1. The molecule has 0 aliphatic rings. The molecular weight excluding hydrogens is 419 g/mol. The van der Waals surface area contributed by atoms with E-state index in [0.29, 0.717) is 0 Å². The third kappa shape index (κ3) is 6.14. The van der Waals surface area contributed by atoms with Crippen LogP contribution in [0.25, 0.3) is 0 Å². The maximum absolute atomic E-state index is 12.7. The SMILES string of the molecule is COc1ccc(Cl)c(OC)c1C(=O)OCC(C)(C)C(C)(C)COS(=O)(=O)Cl. The van der Waals surface area contributed by atoms with E-state index in [4.69, 9.17) is 40.7 Å². The van der Waals surface area contributed by atoms with Crippen molar-refractivity contribution in [2.75, 3.05) is 27.4 Å². The van der Waals surface area contributed by atoms with Crippen molar-refractivity contribution in [2.45, 2.75) is 27.7 Å². The maximum atomic E-state index is 12.7. The van der Waals surface area contributed by atoms with Crippen molar-refractivity contribution >= 4 is 37.6 Å². The minimum atomic E-state index is -4.10. The van der Waals surface area contributed by atoms with E-state index in [0.717, 1.165) is 0 Å². The van der Waals surface area contributed by atoms with Gasteiger partial charge in [-0.25, -0.2) is 4.79 Å². The summed E-state index contributed by atoms with van der Waals surface area (Å²) in [4.78, 5) is 12.7. The average Bonchev–Trinajstić information content (AvgIpc) is 2.57. The standard InChI is InChI=1S/C17H24Cl2O7S/c1-16(2,17(3,4)10-26-27(19,21)22)9-25-15(20)13-12(23-5)8-7-11(18)14(13)24-6/h7-8H,9-10H2,1-6H3. The van der Waals surface area contributed by atoms with Gasteiger partial charge in [-0.15, -0.1) is 0 Å². The zero-order chi connectivity index (χ0) is 21.0. The number of hydrogen-bond acceptors (Lipinski definition) is 7. The molecule has 27 heavy (non-hydrogen) atoms. The van der Waals surface area contributed by atoms with Gasteiger partial charge in [-0.1, -0.05) is 39.3 Å². The number of carbonyl (C=O) groups is 1. The predicted molar refractivity (Wildman–Crippen MR) is 103 cm³/mol. The number of halogens is 2. The number of hydrogen-bond donors (Lipinski definition) is 0. The van der Waals surface area contributed by atoms with Gasteiger partial charge < -0.3 is 14.2 Å². The number of esters is 1. The third-order valence-corrected chi connectivity index (χ3v) is 5.62. The Kier molecular flexibility index (Phi) is 7.81. The van der Waals surface area contributed by atoms with Gasteiger partial charge in [0.05, 0.1) is 32.5 Å². The van der Waals surface area contributed by atoms with E-state index in [2.05, 4.69) is 0 Å². The van der Waals surface area contributed by atoms with E-state index in [1.807, 2.05) is 13.8 Å². The van der Waals surface area contributed by atoms with Crippen LogP contribution in [0.15, 0.2) is 12.1 Å². The molecule has 1 aromatic carbocycles. The van der Waals surface area contributed by atoms with Crippen LogP contribution in [0.1, 0.15) is 38.1 Å². The predicted octanol–water partition coefficient (Wildman–Crippen LogP) is 4.07. The van der Waals surface area contributed by atoms with Crippen LogP contribution in [0.4, 0.5) is 0 Å². The van der Waals surface area contributed by atoms with Crippen molar-refractivity contribution in [1.82, 2.24) is 0 Å². The minimum absolute atomic E-state index is 0.0245. The lowest BCUT2D eigenvalue weighted by Crippen LogP contribution is -2.41. The first-order valence-electron chi connectivity index (χ1n) is 7.92. The lowest BCUT2D eigenvalue weighted by atomic mass is 9.69. The molecule has 154 valence electrons. The fourth-order valence-electron chi connectivity index (χ4n) is 2.03. The van der Waals surface area contributed by atoms with Crippen LogP contribution in [0.3, 0.4) is 0 Å². The Labute approximate surface area is 169 Å². The Balaban J connectivity index is 3.00. The summed E-state index contributed by atoms with van der Waals surface area (Å²) in [5, 5.41) is 0.241. The summed E-state index contributed by atoms with van der Waals surface area (Å²) in [6.45, 7) is 7.00. The van der Waals surface area contributed by atoms with Gasteiger partial charge in [-0.3, -0.25) is 4.18 Å². The molecule has 0 radical (unpaired) electrons. The summed E-state index contributed by atoms with van der Waals surface area (Å²) < 4.78 is 42.6. The fraction of sp³-hybridized carbons (Fsp3) is 0.588. The number of rotatable bonds is 9. The molecule has 0 aromatic heterocycles. The number of benzene rings is 1. The van der Waals surface area contributed by atoms with Gasteiger partial charge in [0.25, 0.3) is 0 Å². The van der Waals surface area contributed by atoms with Crippen LogP contribution in [0.2, 0.25) is 5.02 Å². The first-order valence-corrected chi connectivity index (χ1v) is 10.5. The van der Waals surface area contributed by atoms with Gasteiger partial charge in [0, 0.05) is 16.1 Å². The second-order valence-corrected chi connectivity index (χ2v) is 9.72. The van der Waals surface area contributed by atoms with Crippen LogP contribution in [0.5, 0.6) is 11.5 Å². The zero-order valence-electron chi connectivity index (χ0n) is 16.1. The van der Waals surface area contributed by atoms with Crippen molar-refractivity contribution in [3.05, 3.63) is 22.7 Å². The molecular formula is C17H24Cl2O7S. The van der Waals surface area contributed by atoms with Gasteiger partial charge in [-0.2, -0.15) is 8.42 Å². The highest BCUT2D eigenvalue weighted by molar-refractivity contribution is 8.09. The molecule has 0 saturated heterocycles. The summed E-state index contributed by atoms with van der Waals surface area (Å²) in [6.07, 6.45) is 0. The van der Waals surface area contributed by atoms with E-state index in [1.54, 1.807) is 19.9 Å². The molecule has 0 amide bonds. The van der Waals surface area contributed by atoms with Crippen molar-refractivity contribution in [3.8, 4) is 11.5 Å². The first-order chi connectivity index (χ1) is 12.3. The summed E-state index contributed by atoms with van der Waals surface area (Å²) in [5.41, 5.74) is -1.26. The molecule has 0 aliphatic heterocycles. The molecule has 1 aromatic rings. The minimum Gasteiger partial charge on any atom is -0.496 e. The van der Waals surface area contributed by atoms with Crippen molar-refractivity contribution in [2.24, 2.45) is 10.8 Å². The van der Waals surface area contributed by atoms with E-state index >= 15 is 0 Å². The Morgan fingerprint density at radius 3 is 2.07 bits per heavy atom. The van der Waals surface area contributed by atoms with E-state index in [-0.39, 0.29) is 35.3 Å². The maximum Gasteiger partial charge on any atom is 0.355 e. The molecule has 0 bridgehead atoms. The molecule has 0 unspecified atom stereocenters. The molecule has 0 atom stereocenters. The fourth-order valence-corrected chi connectivity index (χ4v) is 2.83. The monoisotopic (exact) mass is 442 g/mol. The van der Waals surface area contributed by atoms with E-state index in [1.165, 1.54) is 20.3 Å². The van der Waals surface area contributed by atoms with Crippen LogP contribution in [-0.2, 0) is 18.3 Å². The van der Waals surface area contributed by atoms with Crippen LogP contribution in [0, 0.1) is 10.8 Å². The van der Waals surface area contributed by atoms with E-state index < -0.39 is 26.1 Å². The topological polar surface area (TPSA) is 88.1 Å². The second kappa shape index (κ2) is 8.86. The van der Waals surface area contributed by atoms with Gasteiger partial charge in [0.2, 0.25) is 0 Å². The van der Waals surface area contributed by atoms with Gasteiger partial charge >= 0.3 is 15.3 Å². The van der Waals surface area contributed by atoms with Gasteiger partial charge in [-0.05, 0) is 17.5 Å². The highest BCUT2D eigenvalue weighted by Crippen LogP contribution is 2.41. The highest BCUT2D eigenvalue weighted by atomic mass is 35.7. The van der Waals surface area contributed by atoms with E-state index in [9.17, 15) is 13.2 Å². The lowest BCUT2D eigenvalue weighted by Gasteiger charge is -2.40. The first kappa shape index (κ1) is 23.8. The summed E-state index contributed by atoms with van der Waals surface area (Å²) >= 11 is 6.07. The molecule has 0 aliphatic carbocycles. The normalized spacial score (nSPS) is 12.6. The quantitative estimate of drug-likeness (QED) is 0.420. The Hall–Kier alpha value is -1.22. The van der Waals surface area contributed by atoms with Crippen LogP contribution in [-0.4, -0.2) is 41.8 Å². The third-order valence-electron chi connectivity index (χ3n) is 4.66. The molecule has 0 saturated carbocycles. The molecule has 1 rings (SSSR count). The largest absolute Gasteiger partial charge is 0.496 e. The Bertz CT molecular complexity index is 789. The highest BCUT2D eigenvalue weighted by Gasteiger charge is 2.40. The zero-order valence-corrected chi connectivity index (χ0v) is 18.4. The Morgan fingerprint density at radius 1 is 1.04 bits per heavy atom. The van der Waals surface area contributed by atoms with Gasteiger partial charge in [0.1, 0.15) is 11.3 Å². The number of methoxy groups -OCH3 is 2. The summed E-state index contributed by atoms with van der Waals surface area (Å²) in [5.74, 6) is -0.273. The second-order valence-electron chi connectivity index (χ2n) is 7.16. The number of ether oxygens (including phenoxy) is 3. The summed E-state index contributed by atoms with van der Waals surface area (Å²) in [7, 11) is 3.80. The molecule has 10 heteroatoms.